The van der Waals surface area contributed by atoms with Crippen LogP contribution in [0.15, 0.2) is 22.7 Å². The number of rotatable bonds is 5. The highest BCUT2D eigenvalue weighted by atomic mass is 79.9. The summed E-state index contributed by atoms with van der Waals surface area (Å²) in [5.74, 6) is -0.932. The van der Waals surface area contributed by atoms with E-state index in [2.05, 4.69) is 21.2 Å². The second-order valence-corrected chi connectivity index (χ2v) is 6.37. The number of amides is 1. The first-order valence-corrected chi connectivity index (χ1v) is 7.48. The smallest absolute Gasteiger partial charge is 0.303 e. The standard InChI is InChI=1S/C15H18BrNO3/c1-10-11(4-2-5-12(10)16)14(20)17-9-15(6-3-7-15)8-13(18)19/h2,4-5H,3,6-9H2,1H3,(H,17,20)(H,18,19). The van der Waals surface area contributed by atoms with E-state index in [9.17, 15) is 9.59 Å². The fraction of sp³-hybridized carbons (Fsp3) is 0.467. The summed E-state index contributed by atoms with van der Waals surface area (Å²) in [6.07, 6.45) is 2.91. The molecule has 1 aliphatic carbocycles. The largest absolute Gasteiger partial charge is 0.481 e. The zero-order chi connectivity index (χ0) is 14.8. The van der Waals surface area contributed by atoms with Gasteiger partial charge in [-0.25, -0.2) is 0 Å². The van der Waals surface area contributed by atoms with Crippen molar-refractivity contribution in [3.05, 3.63) is 33.8 Å². The van der Waals surface area contributed by atoms with Crippen LogP contribution in [-0.4, -0.2) is 23.5 Å². The molecule has 1 aromatic rings. The number of nitrogens with one attached hydrogen (secondary N) is 1. The van der Waals surface area contributed by atoms with E-state index in [0.717, 1.165) is 29.3 Å². The van der Waals surface area contributed by atoms with Crippen LogP contribution in [0.3, 0.4) is 0 Å². The zero-order valence-electron chi connectivity index (χ0n) is 11.4. The quantitative estimate of drug-likeness (QED) is 0.865. The molecule has 0 saturated heterocycles. The zero-order valence-corrected chi connectivity index (χ0v) is 13.0. The van der Waals surface area contributed by atoms with E-state index < -0.39 is 5.97 Å². The molecular weight excluding hydrogens is 322 g/mol. The fourth-order valence-corrected chi connectivity index (χ4v) is 3.00. The molecule has 0 heterocycles. The minimum Gasteiger partial charge on any atom is -0.481 e. The molecule has 0 radical (unpaired) electrons. The summed E-state index contributed by atoms with van der Waals surface area (Å²) >= 11 is 3.40. The first-order chi connectivity index (χ1) is 9.43. The lowest BCUT2D eigenvalue weighted by atomic mass is 9.66. The Bertz CT molecular complexity index is 538. The van der Waals surface area contributed by atoms with Gasteiger partial charge in [-0.3, -0.25) is 9.59 Å². The summed E-state index contributed by atoms with van der Waals surface area (Å²) in [6.45, 7) is 2.32. The van der Waals surface area contributed by atoms with Crippen molar-refractivity contribution in [2.24, 2.45) is 5.41 Å². The molecule has 1 aliphatic rings. The van der Waals surface area contributed by atoms with Crippen molar-refractivity contribution in [2.45, 2.75) is 32.6 Å². The lowest BCUT2D eigenvalue weighted by molar-refractivity contribution is -0.141. The van der Waals surface area contributed by atoms with Gasteiger partial charge >= 0.3 is 5.97 Å². The van der Waals surface area contributed by atoms with Gasteiger partial charge in [0.1, 0.15) is 0 Å². The molecule has 4 nitrogen and oxygen atoms in total. The number of halogens is 1. The molecule has 0 atom stereocenters. The number of hydrogen-bond acceptors (Lipinski definition) is 2. The monoisotopic (exact) mass is 339 g/mol. The maximum Gasteiger partial charge on any atom is 0.303 e. The summed E-state index contributed by atoms with van der Waals surface area (Å²) in [6, 6.07) is 5.49. The molecule has 1 amide bonds. The van der Waals surface area contributed by atoms with Crippen molar-refractivity contribution in [3.8, 4) is 0 Å². The van der Waals surface area contributed by atoms with E-state index in [1.165, 1.54) is 0 Å². The maximum atomic E-state index is 12.2. The molecule has 0 bridgehead atoms. The van der Waals surface area contributed by atoms with Crippen LogP contribution in [0.1, 0.15) is 41.6 Å². The van der Waals surface area contributed by atoms with E-state index in [4.69, 9.17) is 5.11 Å². The molecule has 2 N–H and O–H groups in total. The SMILES string of the molecule is Cc1c(Br)cccc1C(=O)NCC1(CC(=O)O)CCC1. The van der Waals surface area contributed by atoms with Crippen LogP contribution in [0, 0.1) is 12.3 Å². The summed E-state index contributed by atoms with van der Waals surface area (Å²) in [5, 5.41) is 11.9. The van der Waals surface area contributed by atoms with Crippen LogP contribution in [0.2, 0.25) is 0 Å². The second kappa shape index (κ2) is 5.95. The molecule has 5 heteroatoms. The molecule has 0 spiro atoms. The third kappa shape index (κ3) is 3.20. The normalized spacial score (nSPS) is 16.3. The number of carboxylic acids is 1. The number of carbonyl (C=O) groups is 2. The molecule has 108 valence electrons. The van der Waals surface area contributed by atoms with Crippen molar-refractivity contribution >= 4 is 27.8 Å². The van der Waals surface area contributed by atoms with Crippen molar-refractivity contribution in [1.29, 1.82) is 0 Å². The van der Waals surface area contributed by atoms with E-state index in [1.807, 2.05) is 19.1 Å². The van der Waals surface area contributed by atoms with Crippen LogP contribution in [-0.2, 0) is 4.79 Å². The second-order valence-electron chi connectivity index (χ2n) is 5.52. The van der Waals surface area contributed by atoms with Crippen LogP contribution in [0.4, 0.5) is 0 Å². The Kier molecular flexibility index (Phi) is 4.48. The van der Waals surface area contributed by atoms with Crippen molar-refractivity contribution in [2.75, 3.05) is 6.54 Å². The lowest BCUT2D eigenvalue weighted by Crippen LogP contribution is -2.43. The van der Waals surface area contributed by atoms with Crippen molar-refractivity contribution in [1.82, 2.24) is 5.32 Å². The Balaban J connectivity index is 2.01. The van der Waals surface area contributed by atoms with Crippen molar-refractivity contribution < 1.29 is 14.7 Å². The number of carbonyl (C=O) groups excluding carboxylic acids is 1. The summed E-state index contributed by atoms with van der Waals surface area (Å²) in [4.78, 5) is 23.1. The first-order valence-electron chi connectivity index (χ1n) is 6.69. The Morgan fingerprint density at radius 3 is 2.65 bits per heavy atom. The molecule has 0 aromatic heterocycles. The average molecular weight is 340 g/mol. The molecule has 0 unspecified atom stereocenters. The lowest BCUT2D eigenvalue weighted by Gasteiger charge is -2.40. The molecule has 2 rings (SSSR count). The van der Waals surface area contributed by atoms with Crippen molar-refractivity contribution in [3.63, 3.8) is 0 Å². The van der Waals surface area contributed by atoms with Gasteiger partial charge < -0.3 is 10.4 Å². The van der Waals surface area contributed by atoms with Gasteiger partial charge in [0.05, 0.1) is 6.42 Å². The van der Waals surface area contributed by atoms with Gasteiger partial charge in [0.15, 0.2) is 0 Å². The number of aliphatic carboxylic acids is 1. The van der Waals surface area contributed by atoms with Gasteiger partial charge in [-0.05, 0) is 42.9 Å². The van der Waals surface area contributed by atoms with E-state index in [-0.39, 0.29) is 17.7 Å². The highest BCUT2D eigenvalue weighted by molar-refractivity contribution is 9.10. The van der Waals surface area contributed by atoms with Crippen LogP contribution in [0.5, 0.6) is 0 Å². The fourth-order valence-electron chi connectivity index (χ4n) is 2.63. The van der Waals surface area contributed by atoms with Crippen LogP contribution >= 0.6 is 15.9 Å². The Hall–Kier alpha value is -1.36. The predicted octanol–water partition coefficient (Wildman–Crippen LogP) is 3.13. The Morgan fingerprint density at radius 1 is 1.40 bits per heavy atom. The van der Waals surface area contributed by atoms with E-state index in [0.29, 0.717) is 12.1 Å². The molecule has 1 aromatic carbocycles. The van der Waals surface area contributed by atoms with Gasteiger partial charge in [0.2, 0.25) is 0 Å². The summed E-state index contributed by atoms with van der Waals surface area (Å²) in [5.41, 5.74) is 1.27. The maximum absolute atomic E-state index is 12.2. The summed E-state index contributed by atoms with van der Waals surface area (Å²) < 4.78 is 0.897. The number of carboxylic acid groups (broad SMARTS) is 1. The van der Waals surface area contributed by atoms with Gasteiger partial charge in [0, 0.05) is 16.6 Å². The Morgan fingerprint density at radius 2 is 2.10 bits per heavy atom. The number of hydrogen-bond donors (Lipinski definition) is 2. The molecular formula is C15H18BrNO3. The van der Waals surface area contributed by atoms with Crippen LogP contribution in [0.25, 0.3) is 0 Å². The highest BCUT2D eigenvalue weighted by Crippen LogP contribution is 2.43. The third-order valence-electron chi connectivity index (χ3n) is 4.08. The van der Waals surface area contributed by atoms with E-state index in [1.54, 1.807) is 6.07 Å². The minimum atomic E-state index is -0.794. The molecule has 0 aliphatic heterocycles. The third-order valence-corrected chi connectivity index (χ3v) is 4.94. The van der Waals surface area contributed by atoms with Gasteiger partial charge in [0.25, 0.3) is 5.91 Å². The molecule has 1 fully saturated rings. The molecule has 1 saturated carbocycles. The topological polar surface area (TPSA) is 66.4 Å². The van der Waals surface area contributed by atoms with Gasteiger partial charge in [-0.15, -0.1) is 0 Å². The van der Waals surface area contributed by atoms with Gasteiger partial charge in [-0.2, -0.15) is 0 Å². The minimum absolute atomic E-state index is 0.130. The predicted molar refractivity (Wildman–Crippen MR) is 79.7 cm³/mol. The number of benzene rings is 1. The van der Waals surface area contributed by atoms with Gasteiger partial charge in [-0.1, -0.05) is 28.4 Å². The molecule has 20 heavy (non-hydrogen) atoms. The highest BCUT2D eigenvalue weighted by Gasteiger charge is 2.39. The summed E-state index contributed by atoms with van der Waals surface area (Å²) in [7, 11) is 0. The van der Waals surface area contributed by atoms with Crippen LogP contribution < -0.4 is 5.32 Å². The Labute approximate surface area is 126 Å². The average Bonchev–Trinajstić information content (AvgIpc) is 2.35. The first kappa shape index (κ1) is 15.0. The van der Waals surface area contributed by atoms with E-state index >= 15 is 0 Å².